The summed E-state index contributed by atoms with van der Waals surface area (Å²) in [6.45, 7) is 3.19. The molecule has 2 aromatic carbocycles. The van der Waals surface area contributed by atoms with Crippen molar-refractivity contribution in [3.63, 3.8) is 0 Å². The second kappa shape index (κ2) is 7.05. The number of rotatable bonds is 6. The molecule has 0 atom stereocenters. The van der Waals surface area contributed by atoms with Gasteiger partial charge in [-0.25, -0.2) is 0 Å². The van der Waals surface area contributed by atoms with E-state index in [0.29, 0.717) is 5.02 Å². The second-order valence-electron chi connectivity index (χ2n) is 4.36. The van der Waals surface area contributed by atoms with E-state index in [1.54, 1.807) is 0 Å². The smallest absolute Gasteiger partial charge is 0.127 e. The highest BCUT2D eigenvalue weighted by Gasteiger charge is 1.98. The Labute approximate surface area is 119 Å². The summed E-state index contributed by atoms with van der Waals surface area (Å²) in [5.74, 6) is 1.61. The van der Waals surface area contributed by atoms with E-state index in [1.807, 2.05) is 48.5 Å². The van der Waals surface area contributed by atoms with Gasteiger partial charge in [0.15, 0.2) is 0 Å². The number of unbranched alkanes of at least 4 members (excludes halogenated alkanes) is 1. The molecule has 0 amide bonds. The first-order chi connectivity index (χ1) is 9.28. The Bertz CT molecular complexity index is 493. The molecule has 0 unspecified atom stereocenters. The Morgan fingerprint density at radius 1 is 0.947 bits per heavy atom. The number of hydrogen-bond acceptors (Lipinski definition) is 2. The first kappa shape index (κ1) is 13.8. The van der Waals surface area contributed by atoms with Crippen LogP contribution in [0.3, 0.4) is 0 Å². The zero-order valence-electron chi connectivity index (χ0n) is 11.0. The van der Waals surface area contributed by atoms with Crippen molar-refractivity contribution in [3.05, 3.63) is 53.6 Å². The van der Waals surface area contributed by atoms with Crippen molar-refractivity contribution < 1.29 is 4.74 Å². The molecule has 2 nitrogen and oxygen atoms in total. The predicted octanol–water partition coefficient (Wildman–Crippen LogP) is 5.34. The minimum Gasteiger partial charge on any atom is -0.457 e. The van der Waals surface area contributed by atoms with Gasteiger partial charge >= 0.3 is 0 Å². The van der Waals surface area contributed by atoms with Crippen LogP contribution in [0.15, 0.2) is 48.5 Å². The van der Waals surface area contributed by atoms with E-state index < -0.39 is 0 Å². The van der Waals surface area contributed by atoms with Gasteiger partial charge < -0.3 is 10.1 Å². The molecule has 0 fully saturated rings. The summed E-state index contributed by atoms with van der Waals surface area (Å²) in [5, 5.41) is 4.08. The minimum atomic E-state index is 0.711. The molecule has 0 aliphatic rings. The molecular formula is C16H18ClNO. The van der Waals surface area contributed by atoms with Gasteiger partial charge in [-0.15, -0.1) is 0 Å². The van der Waals surface area contributed by atoms with Gasteiger partial charge in [0, 0.05) is 17.3 Å². The van der Waals surface area contributed by atoms with E-state index in [-0.39, 0.29) is 0 Å². The summed E-state index contributed by atoms with van der Waals surface area (Å²) in [5.41, 5.74) is 1.12. The van der Waals surface area contributed by atoms with Crippen LogP contribution in [-0.4, -0.2) is 6.54 Å². The summed E-state index contributed by atoms with van der Waals surface area (Å²) < 4.78 is 5.73. The first-order valence-electron chi connectivity index (χ1n) is 6.55. The summed E-state index contributed by atoms with van der Waals surface area (Å²) in [6, 6.07) is 15.3. The van der Waals surface area contributed by atoms with Gasteiger partial charge in [0.2, 0.25) is 0 Å². The van der Waals surface area contributed by atoms with Gasteiger partial charge in [-0.05, 0) is 55.0 Å². The lowest BCUT2D eigenvalue weighted by molar-refractivity contribution is 0.483. The molecule has 2 rings (SSSR count). The molecule has 0 aliphatic carbocycles. The van der Waals surface area contributed by atoms with Crippen molar-refractivity contribution in [2.45, 2.75) is 19.8 Å². The highest BCUT2D eigenvalue weighted by molar-refractivity contribution is 6.30. The van der Waals surface area contributed by atoms with Crippen molar-refractivity contribution in [1.29, 1.82) is 0 Å². The lowest BCUT2D eigenvalue weighted by Crippen LogP contribution is -2.00. The highest BCUT2D eigenvalue weighted by Crippen LogP contribution is 2.24. The van der Waals surface area contributed by atoms with E-state index in [2.05, 4.69) is 12.2 Å². The third-order valence-electron chi connectivity index (χ3n) is 2.76. The molecule has 0 aromatic heterocycles. The summed E-state index contributed by atoms with van der Waals surface area (Å²) in [6.07, 6.45) is 2.38. The quantitative estimate of drug-likeness (QED) is 0.718. The second-order valence-corrected chi connectivity index (χ2v) is 4.80. The molecule has 19 heavy (non-hydrogen) atoms. The minimum absolute atomic E-state index is 0.711. The molecule has 3 heteroatoms. The van der Waals surface area contributed by atoms with Crippen LogP contribution in [0.1, 0.15) is 19.8 Å². The van der Waals surface area contributed by atoms with Gasteiger partial charge in [0.05, 0.1) is 0 Å². The number of hydrogen-bond donors (Lipinski definition) is 1. The zero-order valence-corrected chi connectivity index (χ0v) is 11.8. The zero-order chi connectivity index (χ0) is 13.5. The fraction of sp³-hybridized carbons (Fsp3) is 0.250. The van der Waals surface area contributed by atoms with Crippen LogP contribution in [-0.2, 0) is 0 Å². The summed E-state index contributed by atoms with van der Waals surface area (Å²) >= 11 is 5.83. The third kappa shape index (κ3) is 4.49. The molecule has 100 valence electrons. The maximum absolute atomic E-state index is 5.83. The SMILES string of the molecule is CCCCNc1ccc(Oc2ccc(Cl)cc2)cc1. The standard InChI is InChI=1S/C16H18ClNO/c1-2-3-12-18-14-6-10-16(11-7-14)19-15-8-4-13(17)5-9-15/h4-11,18H,2-3,12H2,1H3. The summed E-state index contributed by atoms with van der Waals surface area (Å²) in [4.78, 5) is 0. The lowest BCUT2D eigenvalue weighted by Gasteiger charge is -2.08. The maximum Gasteiger partial charge on any atom is 0.127 e. The van der Waals surface area contributed by atoms with Gasteiger partial charge in [-0.2, -0.15) is 0 Å². The Kier molecular flexibility index (Phi) is 5.10. The van der Waals surface area contributed by atoms with E-state index >= 15 is 0 Å². The van der Waals surface area contributed by atoms with Crippen molar-refractivity contribution in [3.8, 4) is 11.5 Å². The molecule has 0 saturated carbocycles. The van der Waals surface area contributed by atoms with Crippen molar-refractivity contribution in [1.82, 2.24) is 0 Å². The molecule has 0 spiro atoms. The van der Waals surface area contributed by atoms with E-state index in [9.17, 15) is 0 Å². The van der Waals surface area contributed by atoms with Crippen LogP contribution >= 0.6 is 11.6 Å². The fourth-order valence-corrected chi connectivity index (χ4v) is 1.82. The van der Waals surface area contributed by atoms with Crippen molar-refractivity contribution in [2.75, 3.05) is 11.9 Å². The van der Waals surface area contributed by atoms with Crippen molar-refractivity contribution >= 4 is 17.3 Å². The first-order valence-corrected chi connectivity index (χ1v) is 6.93. The Morgan fingerprint density at radius 3 is 2.11 bits per heavy atom. The van der Waals surface area contributed by atoms with Gasteiger partial charge in [-0.1, -0.05) is 24.9 Å². The Balaban J connectivity index is 1.92. The number of ether oxygens (including phenoxy) is 1. The van der Waals surface area contributed by atoms with Crippen LogP contribution in [0.2, 0.25) is 5.02 Å². The molecule has 0 heterocycles. The molecular weight excluding hydrogens is 258 g/mol. The topological polar surface area (TPSA) is 21.3 Å². The maximum atomic E-state index is 5.83. The Hall–Kier alpha value is -1.67. The predicted molar refractivity (Wildman–Crippen MR) is 81.4 cm³/mol. The number of halogens is 1. The average Bonchev–Trinajstić information content (AvgIpc) is 2.44. The van der Waals surface area contributed by atoms with E-state index in [1.165, 1.54) is 12.8 Å². The van der Waals surface area contributed by atoms with Crippen molar-refractivity contribution in [2.24, 2.45) is 0 Å². The largest absolute Gasteiger partial charge is 0.457 e. The summed E-state index contributed by atoms with van der Waals surface area (Å²) in [7, 11) is 0. The number of benzene rings is 2. The van der Waals surface area contributed by atoms with Crippen LogP contribution in [0.4, 0.5) is 5.69 Å². The fourth-order valence-electron chi connectivity index (χ4n) is 1.69. The monoisotopic (exact) mass is 275 g/mol. The third-order valence-corrected chi connectivity index (χ3v) is 3.02. The average molecular weight is 276 g/mol. The molecule has 0 radical (unpaired) electrons. The molecule has 1 N–H and O–H groups in total. The highest BCUT2D eigenvalue weighted by atomic mass is 35.5. The van der Waals surface area contributed by atoms with Crippen LogP contribution in [0.25, 0.3) is 0 Å². The van der Waals surface area contributed by atoms with Crippen LogP contribution < -0.4 is 10.1 Å². The van der Waals surface area contributed by atoms with Crippen LogP contribution in [0, 0.1) is 0 Å². The van der Waals surface area contributed by atoms with E-state index in [0.717, 1.165) is 23.7 Å². The number of nitrogens with one attached hydrogen (secondary N) is 1. The van der Waals surface area contributed by atoms with E-state index in [4.69, 9.17) is 16.3 Å². The molecule has 0 bridgehead atoms. The van der Waals surface area contributed by atoms with Gasteiger partial charge in [-0.3, -0.25) is 0 Å². The van der Waals surface area contributed by atoms with Gasteiger partial charge in [0.25, 0.3) is 0 Å². The Morgan fingerprint density at radius 2 is 1.53 bits per heavy atom. The molecule has 0 aliphatic heterocycles. The van der Waals surface area contributed by atoms with Gasteiger partial charge in [0.1, 0.15) is 11.5 Å². The van der Waals surface area contributed by atoms with Crippen LogP contribution in [0.5, 0.6) is 11.5 Å². The normalized spacial score (nSPS) is 10.2. The number of anilines is 1. The molecule has 0 saturated heterocycles. The lowest BCUT2D eigenvalue weighted by atomic mass is 10.2. The molecule has 2 aromatic rings.